The van der Waals surface area contributed by atoms with Crippen LogP contribution in [0.5, 0.6) is 0 Å². The smallest absolute Gasteiger partial charge is 0.339 e. The number of allylic oxidation sites excluding steroid dienone is 1. The molecule has 1 unspecified atom stereocenters. The molecule has 4 aliphatic carbocycles. The number of rotatable bonds is 9. The van der Waals surface area contributed by atoms with Crippen LogP contribution in [0.4, 0.5) is 0 Å². The maximum atomic E-state index is 14.4. The van der Waals surface area contributed by atoms with Gasteiger partial charge in [0.2, 0.25) is 5.91 Å². The van der Waals surface area contributed by atoms with Gasteiger partial charge in [-0.15, -0.1) is 0 Å². The first-order chi connectivity index (χ1) is 27.9. The van der Waals surface area contributed by atoms with Gasteiger partial charge in [-0.1, -0.05) is 80.1 Å². The third-order valence-electron chi connectivity index (χ3n) is 13.7. The van der Waals surface area contributed by atoms with E-state index in [9.17, 15) is 14.4 Å². The van der Waals surface area contributed by atoms with E-state index in [1.807, 2.05) is 48.5 Å². The summed E-state index contributed by atoms with van der Waals surface area (Å²) in [6.07, 6.45) is 8.92. The van der Waals surface area contributed by atoms with Gasteiger partial charge in [0, 0.05) is 43.5 Å². The molecule has 2 saturated heterocycles. The Balaban J connectivity index is 0.955. The number of carbonyl (C=O) groups is 3. The standard InChI is InChI=1S/C48H54N2O8/c1-46(2)27-37-31(15-16-41-47(3,57-41)18-17-38(37)46)22-30-10-6-7-14-36(30)45(54)55-39-23-35(44(53)50-28-29-9-8-13-32(21-29)43(52)49-19-20-51)24-40-42(39)58-48(56-40)25-33-11-4-5-12-34(33)26-48/h4-14,21-22,24,37-42,51H,15-20,23,25-28H2,1-3H3,(H,49,52)(H,50,53)/t37-,38-,39-,40-,41?,42+,47-/m1/s1. The number of esters is 1. The lowest BCUT2D eigenvalue weighted by atomic mass is 9.52. The van der Waals surface area contributed by atoms with Crippen LogP contribution in [0, 0.1) is 17.3 Å². The number of aliphatic hydroxyl groups excluding tert-OH is 1. The minimum atomic E-state index is -0.920. The first-order valence-corrected chi connectivity index (χ1v) is 21.0. The van der Waals surface area contributed by atoms with E-state index >= 15 is 0 Å². The van der Waals surface area contributed by atoms with Gasteiger partial charge in [-0.05, 0) is 103 Å². The molecule has 304 valence electrons. The molecular weight excluding hydrogens is 733 g/mol. The van der Waals surface area contributed by atoms with Crippen molar-refractivity contribution in [1.29, 1.82) is 0 Å². The monoisotopic (exact) mass is 786 g/mol. The third kappa shape index (κ3) is 7.56. The molecule has 2 aliphatic heterocycles. The lowest BCUT2D eigenvalue weighted by molar-refractivity contribution is -0.172. The normalized spacial score (nSPS) is 30.6. The molecule has 3 aromatic rings. The number of aliphatic hydroxyl groups is 1. The molecule has 58 heavy (non-hydrogen) atoms. The van der Waals surface area contributed by atoms with Crippen molar-refractivity contribution in [2.45, 2.75) is 114 Å². The molecule has 10 heteroatoms. The van der Waals surface area contributed by atoms with Gasteiger partial charge in [-0.2, -0.15) is 0 Å². The van der Waals surface area contributed by atoms with Gasteiger partial charge in [-0.3, -0.25) is 9.59 Å². The van der Waals surface area contributed by atoms with Gasteiger partial charge in [0.15, 0.2) is 5.79 Å². The van der Waals surface area contributed by atoms with E-state index in [4.69, 9.17) is 24.1 Å². The summed E-state index contributed by atoms with van der Waals surface area (Å²) in [5.74, 6) is -0.942. The molecule has 0 bridgehead atoms. The molecule has 1 spiro atoms. The molecule has 2 saturated carbocycles. The van der Waals surface area contributed by atoms with Crippen molar-refractivity contribution < 1.29 is 38.4 Å². The third-order valence-corrected chi connectivity index (χ3v) is 13.7. The average molecular weight is 787 g/mol. The number of ether oxygens (including phenoxy) is 4. The summed E-state index contributed by atoms with van der Waals surface area (Å²) in [7, 11) is 0. The molecular formula is C48H54N2O8. The van der Waals surface area contributed by atoms with Crippen LogP contribution >= 0.6 is 0 Å². The lowest BCUT2D eigenvalue weighted by Crippen LogP contribution is -2.45. The molecule has 10 nitrogen and oxygen atoms in total. The van der Waals surface area contributed by atoms with Crippen LogP contribution in [0.1, 0.15) is 102 Å². The van der Waals surface area contributed by atoms with Crippen LogP contribution in [0.25, 0.3) is 6.08 Å². The molecule has 2 amide bonds. The molecule has 0 aromatic heterocycles. The van der Waals surface area contributed by atoms with E-state index in [0.717, 1.165) is 54.4 Å². The maximum absolute atomic E-state index is 14.4. The number of benzene rings is 3. The predicted octanol–water partition coefficient (Wildman–Crippen LogP) is 6.64. The van der Waals surface area contributed by atoms with Gasteiger partial charge in [0.25, 0.3) is 5.91 Å². The van der Waals surface area contributed by atoms with E-state index in [-0.39, 0.29) is 55.1 Å². The van der Waals surface area contributed by atoms with E-state index in [0.29, 0.717) is 41.4 Å². The highest BCUT2D eigenvalue weighted by atomic mass is 16.8. The highest BCUT2D eigenvalue weighted by molar-refractivity contribution is 5.96. The number of amides is 2. The molecule has 3 aromatic carbocycles. The Hall–Kier alpha value is -4.61. The first-order valence-electron chi connectivity index (χ1n) is 21.0. The summed E-state index contributed by atoms with van der Waals surface area (Å²) in [4.78, 5) is 40.8. The highest BCUT2D eigenvalue weighted by Crippen LogP contribution is 2.60. The number of hydrogen-bond acceptors (Lipinski definition) is 8. The maximum Gasteiger partial charge on any atom is 0.339 e. The van der Waals surface area contributed by atoms with Gasteiger partial charge in [-0.25, -0.2) is 4.79 Å². The molecule has 4 fully saturated rings. The first kappa shape index (κ1) is 38.9. The largest absolute Gasteiger partial charge is 0.456 e. The Labute approximate surface area is 340 Å². The Morgan fingerprint density at radius 3 is 2.45 bits per heavy atom. The fourth-order valence-corrected chi connectivity index (χ4v) is 10.5. The van der Waals surface area contributed by atoms with Gasteiger partial charge in [0.1, 0.15) is 18.3 Å². The molecule has 0 radical (unpaired) electrons. The molecule has 6 aliphatic rings. The van der Waals surface area contributed by atoms with Crippen molar-refractivity contribution in [3.63, 3.8) is 0 Å². The van der Waals surface area contributed by atoms with E-state index < -0.39 is 30.1 Å². The summed E-state index contributed by atoms with van der Waals surface area (Å²) in [6.45, 7) is 7.20. The highest BCUT2D eigenvalue weighted by Gasteiger charge is 2.57. The summed E-state index contributed by atoms with van der Waals surface area (Å²) < 4.78 is 26.1. The van der Waals surface area contributed by atoms with E-state index in [1.165, 1.54) is 5.57 Å². The van der Waals surface area contributed by atoms with Crippen LogP contribution in [-0.4, -0.2) is 71.8 Å². The van der Waals surface area contributed by atoms with Crippen LogP contribution in [0.2, 0.25) is 0 Å². The van der Waals surface area contributed by atoms with E-state index in [2.05, 4.69) is 49.6 Å². The lowest BCUT2D eigenvalue weighted by Gasteiger charge is -2.53. The zero-order chi connectivity index (χ0) is 40.2. The SMILES string of the molecule is CC1(C)C[C@@H]2C(=Cc3ccccc3C(=O)O[C@@H]3CC(C(=O)NCc4cccc(C(=O)NCCO)c4)=C[C@H]4OC5(Cc6ccccc6C5)O[C@H]43)CCC3O[C@]3(C)CC[C@H]21. The number of carbonyl (C=O) groups excluding carboxylic acids is 3. The number of fused-ring (bicyclic) bond motifs is 4. The van der Waals surface area contributed by atoms with Crippen molar-refractivity contribution in [3.8, 4) is 0 Å². The van der Waals surface area contributed by atoms with Crippen LogP contribution in [-0.2, 0) is 43.1 Å². The zero-order valence-electron chi connectivity index (χ0n) is 33.6. The second-order valence-electron chi connectivity index (χ2n) is 18.1. The van der Waals surface area contributed by atoms with Gasteiger partial charge < -0.3 is 34.7 Å². The van der Waals surface area contributed by atoms with Crippen LogP contribution in [0.15, 0.2) is 90.0 Å². The van der Waals surface area contributed by atoms with Crippen molar-refractivity contribution >= 4 is 23.9 Å². The van der Waals surface area contributed by atoms with Crippen molar-refractivity contribution in [1.82, 2.24) is 10.6 Å². The zero-order valence-corrected chi connectivity index (χ0v) is 33.6. The Morgan fingerprint density at radius 2 is 1.67 bits per heavy atom. The van der Waals surface area contributed by atoms with E-state index in [1.54, 1.807) is 18.2 Å². The fourth-order valence-electron chi connectivity index (χ4n) is 10.5. The molecule has 2 heterocycles. The Bertz CT molecular complexity index is 2150. The molecule has 7 atom stereocenters. The topological polar surface area (TPSA) is 136 Å². The second-order valence-corrected chi connectivity index (χ2v) is 18.1. The minimum absolute atomic E-state index is 0.00848. The second kappa shape index (κ2) is 15.2. The van der Waals surface area contributed by atoms with Crippen molar-refractivity contribution in [3.05, 3.63) is 123 Å². The predicted molar refractivity (Wildman–Crippen MR) is 217 cm³/mol. The summed E-state index contributed by atoms with van der Waals surface area (Å²) in [5.41, 5.74) is 6.91. The summed E-state index contributed by atoms with van der Waals surface area (Å²) >= 11 is 0. The Morgan fingerprint density at radius 1 is 0.897 bits per heavy atom. The van der Waals surface area contributed by atoms with Crippen LogP contribution in [0.3, 0.4) is 0 Å². The van der Waals surface area contributed by atoms with Gasteiger partial charge in [0.05, 0.1) is 23.9 Å². The summed E-state index contributed by atoms with van der Waals surface area (Å²) in [6, 6.07) is 22.9. The number of hydrogen-bond donors (Lipinski definition) is 3. The summed E-state index contributed by atoms with van der Waals surface area (Å²) in [5, 5.41) is 14.8. The number of epoxide rings is 1. The molecule has 3 N–H and O–H groups in total. The Kier molecular flexibility index (Phi) is 10.2. The van der Waals surface area contributed by atoms with Gasteiger partial charge >= 0.3 is 5.97 Å². The minimum Gasteiger partial charge on any atom is -0.456 e. The average Bonchev–Trinajstić information content (AvgIpc) is 3.50. The number of nitrogens with one attached hydrogen (secondary N) is 2. The quantitative estimate of drug-likeness (QED) is 0.163. The van der Waals surface area contributed by atoms with Crippen molar-refractivity contribution in [2.75, 3.05) is 13.2 Å². The fraction of sp³-hybridized carbons (Fsp3) is 0.479. The van der Waals surface area contributed by atoms with Crippen LogP contribution < -0.4 is 10.6 Å². The van der Waals surface area contributed by atoms with Crippen molar-refractivity contribution in [2.24, 2.45) is 17.3 Å². The molecule has 9 rings (SSSR count).